The van der Waals surface area contributed by atoms with Crippen LogP contribution < -0.4 is 9.80 Å². The molecule has 24 rings (SSSR count). The largest absolute Gasteiger partial charge is 0.456 e. The van der Waals surface area contributed by atoms with Crippen LogP contribution in [0, 0.1) is 0 Å². The molecule has 0 bridgehead atoms. The zero-order valence-corrected chi connectivity index (χ0v) is 66.7. The van der Waals surface area contributed by atoms with Crippen molar-refractivity contribution in [2.24, 2.45) is 0 Å². The van der Waals surface area contributed by atoms with E-state index in [1.54, 1.807) is 0 Å². The van der Waals surface area contributed by atoms with E-state index in [0.29, 0.717) is 0 Å². The third-order valence-corrected chi connectivity index (χ3v) is 26.1. The van der Waals surface area contributed by atoms with Crippen molar-refractivity contribution >= 4 is 122 Å². The smallest absolute Gasteiger partial charge is 0.135 e. The van der Waals surface area contributed by atoms with E-state index in [1.165, 1.54) is 99.5 Å². The van der Waals surface area contributed by atoms with Crippen molar-refractivity contribution in [3.05, 3.63) is 423 Å². The first kappa shape index (κ1) is 69.1. The summed E-state index contributed by atoms with van der Waals surface area (Å²) in [5.41, 5.74) is 38.4. The highest BCUT2D eigenvalue weighted by Crippen LogP contribution is 2.55. The number of nitrogens with zero attached hydrogens (tertiary/aromatic N) is 4. The van der Waals surface area contributed by atoms with Crippen molar-refractivity contribution in [3.8, 4) is 89.3 Å². The fourth-order valence-electron chi connectivity index (χ4n) is 20.1. The number of benzene rings is 18. The summed E-state index contributed by atoms with van der Waals surface area (Å²) in [4.78, 5) is 4.85. The second-order valence-electron chi connectivity index (χ2n) is 33.5. The average Bonchev–Trinajstić information content (AvgIpc) is 1.57. The number of hydrogen-bond acceptors (Lipinski definition) is 4. The van der Waals surface area contributed by atoms with Gasteiger partial charge >= 0.3 is 0 Å². The summed E-state index contributed by atoms with van der Waals surface area (Å²) in [6, 6.07) is 148. The molecule has 0 saturated heterocycles. The molecule has 4 heterocycles. The fourth-order valence-corrected chi connectivity index (χ4v) is 20.1. The van der Waals surface area contributed by atoms with Crippen molar-refractivity contribution in [3.63, 3.8) is 0 Å². The van der Waals surface area contributed by atoms with Crippen LogP contribution >= 0.6 is 0 Å². The molecule has 2 aliphatic rings. The van der Waals surface area contributed by atoms with Gasteiger partial charge in [0.25, 0.3) is 0 Å². The van der Waals surface area contributed by atoms with Gasteiger partial charge in [0.05, 0.1) is 22.1 Å². The van der Waals surface area contributed by atoms with Gasteiger partial charge in [0.15, 0.2) is 0 Å². The molecule has 0 fully saturated rings. The van der Waals surface area contributed by atoms with Crippen LogP contribution in [0.5, 0.6) is 0 Å². The summed E-state index contributed by atoms with van der Waals surface area (Å²) < 4.78 is 17.4. The van der Waals surface area contributed by atoms with Gasteiger partial charge in [-0.15, -0.1) is 0 Å². The first-order valence-electron chi connectivity index (χ1n) is 41.6. The summed E-state index contributed by atoms with van der Waals surface area (Å²) in [5, 5.41) is 9.52. The van der Waals surface area contributed by atoms with Crippen LogP contribution in [0.2, 0.25) is 0 Å². The Balaban J connectivity index is 0.548. The molecule has 0 radical (unpaired) electrons. The molecule has 0 amide bonds. The molecule has 0 atom stereocenters. The zero-order chi connectivity index (χ0) is 79.6. The Kier molecular flexibility index (Phi) is 15.3. The predicted octanol–water partition coefficient (Wildman–Crippen LogP) is 31.6. The molecule has 0 N–H and O–H groups in total. The van der Waals surface area contributed by atoms with Gasteiger partial charge in [0.2, 0.25) is 0 Å². The van der Waals surface area contributed by atoms with Crippen LogP contribution in [0.25, 0.3) is 177 Å². The minimum absolute atomic E-state index is 0.298. The fraction of sp³-hybridized carbons (Fsp3) is 0.0526. The first-order valence-corrected chi connectivity index (χ1v) is 41.6. The van der Waals surface area contributed by atoms with Gasteiger partial charge in [-0.25, -0.2) is 0 Å². The Bertz CT molecular complexity index is 7390. The molecule has 2 aliphatic carbocycles. The lowest BCUT2D eigenvalue weighted by molar-refractivity contribution is 0.660. The normalized spacial score (nSPS) is 13.1. The van der Waals surface area contributed by atoms with Gasteiger partial charge in [0.1, 0.15) is 22.3 Å². The summed E-state index contributed by atoms with van der Waals surface area (Å²) in [5.74, 6) is 0. The third-order valence-electron chi connectivity index (χ3n) is 26.1. The number of hydrogen-bond donors (Lipinski definition) is 0. The quantitative estimate of drug-likeness (QED) is 0.115. The molecule has 566 valence electrons. The maximum Gasteiger partial charge on any atom is 0.135 e. The van der Waals surface area contributed by atoms with E-state index in [0.717, 1.165) is 134 Å². The van der Waals surface area contributed by atoms with Crippen LogP contribution in [0.15, 0.2) is 409 Å². The topological polar surface area (TPSA) is 42.6 Å². The maximum atomic E-state index is 6.27. The molecule has 0 spiro atoms. The van der Waals surface area contributed by atoms with Crippen LogP contribution in [-0.2, 0) is 10.8 Å². The predicted molar refractivity (Wildman–Crippen MR) is 501 cm³/mol. The number of para-hydroxylation sites is 6. The second kappa shape index (κ2) is 26.7. The molecule has 22 aromatic rings. The van der Waals surface area contributed by atoms with Crippen molar-refractivity contribution in [2.75, 3.05) is 9.80 Å². The Hall–Kier alpha value is -15.2. The first-order chi connectivity index (χ1) is 58.9. The Morgan fingerprint density at radius 2 is 0.450 bits per heavy atom. The van der Waals surface area contributed by atoms with Crippen molar-refractivity contribution in [1.29, 1.82) is 0 Å². The van der Waals surface area contributed by atoms with E-state index in [-0.39, 0.29) is 10.8 Å². The van der Waals surface area contributed by atoms with Crippen molar-refractivity contribution in [1.82, 2.24) is 9.13 Å². The Labute approximate surface area is 695 Å². The lowest BCUT2D eigenvalue weighted by atomic mass is 9.82. The number of rotatable bonds is 13. The average molecular weight is 1540 g/mol. The molecule has 18 aromatic carbocycles. The zero-order valence-electron chi connectivity index (χ0n) is 66.7. The number of furan rings is 2. The monoisotopic (exact) mass is 1530 g/mol. The molecule has 0 unspecified atom stereocenters. The molecule has 120 heavy (non-hydrogen) atoms. The molecular formula is C114H78N4O2. The molecule has 4 aromatic heterocycles. The molecule has 0 saturated carbocycles. The van der Waals surface area contributed by atoms with Crippen LogP contribution in [0.1, 0.15) is 49.9 Å². The van der Waals surface area contributed by atoms with Crippen LogP contribution in [-0.4, -0.2) is 9.13 Å². The summed E-state index contributed by atoms with van der Waals surface area (Å²) in [7, 11) is 0. The maximum absolute atomic E-state index is 6.27. The van der Waals surface area contributed by atoms with Crippen molar-refractivity contribution in [2.45, 2.75) is 38.5 Å². The standard InChI is InChI=1S/C114H78N4O2/c1-113(2)101-67-85(53-57-89(101)91-59-55-87(69-103(91)113)117-105-29-11-5-23-93(105)94-24-6-12-30-106(94)117)115(83-49-39-73(40-50-83)79-43-61-111-99(65-79)97-27-9-15-33-109(97)119-111)81-45-35-71(36-46-81)75-19-17-21-77(63-75)78-22-18-20-76(64-78)72-37-47-82(48-38-72)116(84-51-41-74(42-52-84)80-44-62-112-100(66-80)98-28-10-16-34-110(98)120-112)86-54-58-90-92-60-56-88(70-104(92)114(3,4)102(90)68-86)118-107-31-13-7-25-95(107)96-26-8-14-32-108(96)118/h5-70H,1-4H3. The lowest BCUT2D eigenvalue weighted by Gasteiger charge is -2.28. The molecule has 6 nitrogen and oxygen atoms in total. The highest BCUT2D eigenvalue weighted by atomic mass is 16.3. The number of aromatic nitrogens is 2. The third kappa shape index (κ3) is 10.9. The van der Waals surface area contributed by atoms with Crippen LogP contribution in [0.3, 0.4) is 0 Å². The van der Waals surface area contributed by atoms with E-state index >= 15 is 0 Å². The van der Waals surface area contributed by atoms with Gasteiger partial charge in [0, 0.05) is 99.4 Å². The van der Waals surface area contributed by atoms with E-state index in [9.17, 15) is 0 Å². The Morgan fingerprint density at radius 3 is 0.792 bits per heavy atom. The van der Waals surface area contributed by atoms with Crippen LogP contribution in [0.4, 0.5) is 34.1 Å². The highest BCUT2D eigenvalue weighted by molar-refractivity contribution is 6.12. The summed E-state index contributed by atoms with van der Waals surface area (Å²) >= 11 is 0. The number of anilines is 6. The van der Waals surface area contributed by atoms with E-state index in [2.05, 4.69) is 423 Å². The van der Waals surface area contributed by atoms with Gasteiger partial charge in [-0.1, -0.05) is 258 Å². The lowest BCUT2D eigenvalue weighted by Crippen LogP contribution is -2.17. The number of fused-ring (bicyclic) bond motifs is 18. The van der Waals surface area contributed by atoms with Gasteiger partial charge in [-0.05, 0) is 270 Å². The molecule has 0 aliphatic heterocycles. The second-order valence-corrected chi connectivity index (χ2v) is 33.5. The van der Waals surface area contributed by atoms with Crippen molar-refractivity contribution < 1.29 is 8.83 Å². The minimum Gasteiger partial charge on any atom is -0.456 e. The van der Waals surface area contributed by atoms with E-state index in [4.69, 9.17) is 8.83 Å². The van der Waals surface area contributed by atoms with Gasteiger partial charge in [-0.3, -0.25) is 0 Å². The molecular weight excluding hydrogens is 1460 g/mol. The summed E-state index contributed by atoms with van der Waals surface area (Å²) in [6.45, 7) is 9.58. The molecule has 6 heteroatoms. The van der Waals surface area contributed by atoms with E-state index in [1.807, 2.05) is 24.3 Å². The van der Waals surface area contributed by atoms with Gasteiger partial charge < -0.3 is 27.8 Å². The Morgan fingerprint density at radius 1 is 0.192 bits per heavy atom. The van der Waals surface area contributed by atoms with Gasteiger partial charge in [-0.2, -0.15) is 0 Å². The minimum atomic E-state index is -0.298. The van der Waals surface area contributed by atoms with E-state index < -0.39 is 0 Å². The highest BCUT2D eigenvalue weighted by Gasteiger charge is 2.39. The summed E-state index contributed by atoms with van der Waals surface area (Å²) in [6.07, 6.45) is 0. The SMILES string of the molecule is CC1(C)c2cc(N(c3ccc(-c4cccc(-c5cccc(-c6ccc(N(c7ccc(-c8ccc9oc%10ccccc%10c9c8)cc7)c7ccc8c(c7)C(C)(C)c7cc(-n9c%10ccccc%10c%10ccccc%109)ccc7-8)cc6)c5)c4)cc3)c3ccc(-c4ccc5oc6ccccc6c5c4)cc3)ccc2-c2ccc(-n3c4ccccc4c4ccccc43)cc21.